The van der Waals surface area contributed by atoms with E-state index in [4.69, 9.17) is 5.73 Å². The molecule has 0 amide bonds. The summed E-state index contributed by atoms with van der Waals surface area (Å²) in [5.41, 5.74) is 5.18. The second-order valence-corrected chi connectivity index (χ2v) is 3.79. The van der Waals surface area contributed by atoms with Crippen LogP contribution in [-0.4, -0.2) is 29.3 Å². The molecule has 0 aliphatic rings. The molecule has 0 aromatic carbocycles. The van der Waals surface area contributed by atoms with Crippen LogP contribution in [0.2, 0.25) is 0 Å². The van der Waals surface area contributed by atoms with Crippen LogP contribution in [0.25, 0.3) is 0 Å². The molecule has 13 heavy (non-hydrogen) atoms. The second-order valence-electron chi connectivity index (χ2n) is 3.79. The van der Waals surface area contributed by atoms with Crippen molar-refractivity contribution in [2.75, 3.05) is 6.54 Å². The second kappa shape index (κ2) is 5.07. The van der Waals surface area contributed by atoms with Crippen LogP contribution >= 0.6 is 0 Å². The Bertz CT molecular complexity index is 176. The minimum Gasteiger partial charge on any atom is -0.391 e. The van der Waals surface area contributed by atoms with Crippen LogP contribution in [0, 0.1) is 0 Å². The highest BCUT2D eigenvalue weighted by atomic mass is 16.3. The van der Waals surface area contributed by atoms with E-state index in [0.29, 0.717) is 12.5 Å². The van der Waals surface area contributed by atoms with E-state index in [-0.39, 0.29) is 0 Å². The smallest absolute Gasteiger partial charge is 0.189 e. The highest BCUT2D eigenvalue weighted by Gasteiger charge is 2.23. The van der Waals surface area contributed by atoms with Gasteiger partial charge in [-0.1, -0.05) is 6.92 Å². The fourth-order valence-electron chi connectivity index (χ4n) is 0.706. The van der Waals surface area contributed by atoms with Gasteiger partial charge in [-0.25, -0.2) is 0 Å². The standard InChI is InChI=1S/C9H21N3O/c1-5-6-11-8(10)12-9(3,4)7(2)13/h7,13H,5-6H2,1-4H3,(H3,10,11,12). The Kier molecular flexibility index (Phi) is 4.77. The summed E-state index contributed by atoms with van der Waals surface area (Å²) in [6.45, 7) is 8.24. The Morgan fingerprint density at radius 2 is 2.15 bits per heavy atom. The summed E-state index contributed by atoms with van der Waals surface area (Å²) in [5, 5.41) is 12.3. The molecule has 0 aliphatic heterocycles. The third kappa shape index (κ3) is 4.72. The normalized spacial score (nSPS) is 15.6. The Labute approximate surface area is 80.2 Å². The summed E-state index contributed by atoms with van der Waals surface area (Å²) in [6.07, 6.45) is 0.500. The summed E-state index contributed by atoms with van der Waals surface area (Å²) in [5.74, 6) is 0.396. The molecule has 0 spiro atoms. The first-order chi connectivity index (χ1) is 5.90. The molecule has 1 unspecified atom stereocenters. The average molecular weight is 187 g/mol. The first kappa shape index (κ1) is 12.2. The van der Waals surface area contributed by atoms with E-state index in [0.717, 1.165) is 6.42 Å². The molecule has 0 heterocycles. The van der Waals surface area contributed by atoms with Crippen molar-refractivity contribution >= 4 is 5.96 Å². The first-order valence-electron chi connectivity index (χ1n) is 4.66. The van der Waals surface area contributed by atoms with Gasteiger partial charge in [0.2, 0.25) is 0 Å². The van der Waals surface area contributed by atoms with Crippen molar-refractivity contribution < 1.29 is 5.11 Å². The zero-order valence-corrected chi connectivity index (χ0v) is 8.96. The number of aliphatic hydroxyl groups is 1. The fraction of sp³-hybridized carbons (Fsp3) is 0.889. The molecule has 0 bridgehead atoms. The quantitative estimate of drug-likeness (QED) is 0.442. The van der Waals surface area contributed by atoms with Crippen molar-refractivity contribution in [2.24, 2.45) is 10.7 Å². The maximum absolute atomic E-state index is 9.38. The molecule has 0 saturated carbocycles. The van der Waals surface area contributed by atoms with Gasteiger partial charge in [0, 0.05) is 6.54 Å². The zero-order chi connectivity index (χ0) is 10.5. The minimum atomic E-state index is -0.470. The van der Waals surface area contributed by atoms with Crippen molar-refractivity contribution in [2.45, 2.75) is 45.8 Å². The highest BCUT2D eigenvalue weighted by Crippen LogP contribution is 2.07. The largest absolute Gasteiger partial charge is 0.391 e. The van der Waals surface area contributed by atoms with Gasteiger partial charge in [0.1, 0.15) is 0 Å². The molecule has 0 saturated heterocycles. The number of aliphatic imine (C=N–C) groups is 1. The molecule has 0 rings (SSSR count). The Balaban J connectivity index is 4.10. The van der Waals surface area contributed by atoms with Crippen molar-refractivity contribution in [3.05, 3.63) is 0 Å². The highest BCUT2D eigenvalue weighted by molar-refractivity contribution is 5.78. The summed E-state index contributed by atoms with van der Waals surface area (Å²) in [7, 11) is 0. The third-order valence-electron chi connectivity index (χ3n) is 2.00. The molecule has 0 fully saturated rings. The van der Waals surface area contributed by atoms with Crippen LogP contribution < -0.4 is 11.1 Å². The SMILES string of the molecule is CCCN=C(N)NC(C)(C)C(C)O. The summed E-state index contributed by atoms with van der Waals surface area (Å²) in [6, 6.07) is 0. The van der Waals surface area contributed by atoms with Crippen molar-refractivity contribution in [3.8, 4) is 0 Å². The lowest BCUT2D eigenvalue weighted by molar-refractivity contribution is 0.109. The lowest BCUT2D eigenvalue weighted by Crippen LogP contribution is -2.53. The van der Waals surface area contributed by atoms with E-state index in [1.165, 1.54) is 0 Å². The maximum Gasteiger partial charge on any atom is 0.189 e. The van der Waals surface area contributed by atoms with Crippen LogP contribution in [0.1, 0.15) is 34.1 Å². The topological polar surface area (TPSA) is 70.6 Å². The van der Waals surface area contributed by atoms with Gasteiger partial charge in [0.05, 0.1) is 11.6 Å². The van der Waals surface area contributed by atoms with Gasteiger partial charge >= 0.3 is 0 Å². The summed E-state index contributed by atoms with van der Waals surface area (Å²) >= 11 is 0. The Morgan fingerprint density at radius 3 is 2.54 bits per heavy atom. The predicted octanol–water partition coefficient (Wildman–Crippen LogP) is 0.460. The van der Waals surface area contributed by atoms with E-state index in [1.807, 2.05) is 20.8 Å². The third-order valence-corrected chi connectivity index (χ3v) is 2.00. The molecule has 0 aliphatic carbocycles. The number of rotatable bonds is 4. The molecule has 4 heteroatoms. The average Bonchev–Trinajstić information content (AvgIpc) is 1.99. The van der Waals surface area contributed by atoms with Crippen molar-refractivity contribution in [1.82, 2.24) is 5.32 Å². The molecule has 78 valence electrons. The lowest BCUT2D eigenvalue weighted by Gasteiger charge is -2.29. The summed E-state index contributed by atoms with van der Waals surface area (Å²) in [4.78, 5) is 4.08. The maximum atomic E-state index is 9.38. The molecular formula is C9H21N3O. The van der Waals surface area contributed by atoms with E-state index in [9.17, 15) is 5.11 Å². The molecule has 4 nitrogen and oxygen atoms in total. The van der Waals surface area contributed by atoms with Crippen LogP contribution in [-0.2, 0) is 0 Å². The zero-order valence-electron chi connectivity index (χ0n) is 8.96. The van der Waals surface area contributed by atoms with E-state index < -0.39 is 11.6 Å². The predicted molar refractivity (Wildman–Crippen MR) is 55.7 cm³/mol. The number of nitrogens with zero attached hydrogens (tertiary/aromatic N) is 1. The van der Waals surface area contributed by atoms with E-state index >= 15 is 0 Å². The number of aliphatic hydroxyl groups excluding tert-OH is 1. The molecular weight excluding hydrogens is 166 g/mol. The van der Waals surface area contributed by atoms with Gasteiger partial charge in [-0.2, -0.15) is 0 Å². The first-order valence-corrected chi connectivity index (χ1v) is 4.66. The number of nitrogens with one attached hydrogen (secondary N) is 1. The fourth-order valence-corrected chi connectivity index (χ4v) is 0.706. The number of guanidine groups is 1. The number of nitrogens with two attached hydrogens (primary N) is 1. The van der Waals surface area contributed by atoms with E-state index in [1.54, 1.807) is 6.92 Å². The minimum absolute atomic E-state index is 0.396. The van der Waals surface area contributed by atoms with Crippen LogP contribution in [0.5, 0.6) is 0 Å². The van der Waals surface area contributed by atoms with Gasteiger partial charge in [-0.05, 0) is 27.2 Å². The Hall–Kier alpha value is -0.770. The number of hydrogen-bond acceptors (Lipinski definition) is 2. The molecule has 1 atom stereocenters. The van der Waals surface area contributed by atoms with Gasteiger partial charge in [-0.15, -0.1) is 0 Å². The van der Waals surface area contributed by atoms with Gasteiger partial charge < -0.3 is 16.2 Å². The van der Waals surface area contributed by atoms with E-state index in [2.05, 4.69) is 10.3 Å². The van der Waals surface area contributed by atoms with Gasteiger partial charge in [0.25, 0.3) is 0 Å². The van der Waals surface area contributed by atoms with Gasteiger partial charge in [0.15, 0.2) is 5.96 Å². The molecule has 4 N–H and O–H groups in total. The molecule has 0 radical (unpaired) electrons. The molecule has 0 aromatic heterocycles. The Morgan fingerprint density at radius 1 is 1.62 bits per heavy atom. The van der Waals surface area contributed by atoms with Crippen LogP contribution in [0.4, 0.5) is 0 Å². The number of hydrogen-bond donors (Lipinski definition) is 3. The van der Waals surface area contributed by atoms with Crippen LogP contribution in [0.15, 0.2) is 4.99 Å². The van der Waals surface area contributed by atoms with Crippen LogP contribution in [0.3, 0.4) is 0 Å². The van der Waals surface area contributed by atoms with Crippen molar-refractivity contribution in [1.29, 1.82) is 0 Å². The monoisotopic (exact) mass is 187 g/mol. The molecule has 0 aromatic rings. The van der Waals surface area contributed by atoms with Crippen molar-refractivity contribution in [3.63, 3.8) is 0 Å². The lowest BCUT2D eigenvalue weighted by atomic mass is 9.99. The van der Waals surface area contributed by atoms with Gasteiger partial charge in [-0.3, -0.25) is 4.99 Å². The summed E-state index contributed by atoms with van der Waals surface area (Å²) < 4.78 is 0.